The van der Waals surface area contributed by atoms with Crippen molar-refractivity contribution in [2.75, 3.05) is 41.1 Å². The highest BCUT2D eigenvalue weighted by Crippen LogP contribution is 2.55. The Morgan fingerprint density at radius 1 is 1.08 bits per heavy atom. The van der Waals surface area contributed by atoms with Crippen molar-refractivity contribution >= 4 is 5.97 Å². The number of hydrogen-bond acceptors (Lipinski definition) is 11. The van der Waals surface area contributed by atoms with E-state index in [4.69, 9.17) is 39.3 Å². The van der Waals surface area contributed by atoms with Gasteiger partial charge in [0.05, 0.1) is 14.2 Å². The van der Waals surface area contributed by atoms with Crippen LogP contribution in [0.2, 0.25) is 0 Å². The van der Waals surface area contributed by atoms with Crippen molar-refractivity contribution in [3.8, 4) is 34.5 Å². The molecule has 3 unspecified atom stereocenters. The van der Waals surface area contributed by atoms with Gasteiger partial charge in [0, 0.05) is 37.7 Å². The van der Waals surface area contributed by atoms with E-state index >= 15 is 0 Å². The number of benzene rings is 2. The fraction of sp³-hybridized carbons (Fsp3) is 0.480. The quantitative estimate of drug-likeness (QED) is 0.429. The lowest BCUT2D eigenvalue weighted by molar-refractivity contribution is -0.172. The molecule has 0 radical (unpaired) electrons. The number of carbonyl (C=O) groups is 1. The fourth-order valence-corrected chi connectivity index (χ4v) is 5.55. The molecule has 1 fully saturated rings. The van der Waals surface area contributed by atoms with Crippen LogP contribution in [-0.2, 0) is 9.53 Å². The number of carbonyl (C=O) groups excluding carboxylic acids is 1. The Balaban J connectivity index is 1.76. The zero-order chi connectivity index (χ0) is 25.4. The molecule has 11 nitrogen and oxygen atoms in total. The van der Waals surface area contributed by atoms with Gasteiger partial charge in [-0.25, -0.2) is 0 Å². The average Bonchev–Trinajstić information content (AvgIpc) is 3.58. The monoisotopic (exact) mass is 501 g/mol. The van der Waals surface area contributed by atoms with Crippen molar-refractivity contribution in [2.24, 2.45) is 11.8 Å². The third kappa shape index (κ3) is 3.83. The van der Waals surface area contributed by atoms with Gasteiger partial charge in [-0.3, -0.25) is 9.69 Å². The van der Waals surface area contributed by atoms with Crippen LogP contribution in [0.25, 0.3) is 0 Å². The number of methoxy groups -OCH3 is 2. The Morgan fingerprint density at radius 3 is 2.42 bits per heavy atom. The lowest BCUT2D eigenvalue weighted by atomic mass is 9.72. The van der Waals surface area contributed by atoms with Gasteiger partial charge in [-0.15, -0.1) is 0 Å². The molecule has 0 amide bonds. The molecule has 0 bridgehead atoms. The van der Waals surface area contributed by atoms with Crippen LogP contribution in [0, 0.1) is 5.92 Å². The van der Waals surface area contributed by atoms with Crippen LogP contribution in [0.4, 0.5) is 0 Å². The van der Waals surface area contributed by atoms with Crippen molar-refractivity contribution in [2.45, 2.75) is 31.4 Å². The largest absolute Gasteiger partial charge is 0.493 e. The molecule has 3 aliphatic rings. The number of rotatable bonds is 7. The molecule has 3 aliphatic heterocycles. The van der Waals surface area contributed by atoms with Gasteiger partial charge in [0.2, 0.25) is 12.5 Å². The van der Waals surface area contributed by atoms with Crippen molar-refractivity contribution in [3.63, 3.8) is 0 Å². The fourth-order valence-electron chi connectivity index (χ4n) is 5.55. The number of ether oxygens (including phenoxy) is 5. The molecular formula is C25H31N3O8. The van der Waals surface area contributed by atoms with Gasteiger partial charge in [-0.2, -0.15) is 11.4 Å². The van der Waals surface area contributed by atoms with Gasteiger partial charge in [0.1, 0.15) is 11.7 Å². The summed E-state index contributed by atoms with van der Waals surface area (Å²) in [6.07, 6.45) is 2.03. The molecule has 0 aromatic heterocycles. The Morgan fingerprint density at radius 2 is 1.78 bits per heavy atom. The molecule has 36 heavy (non-hydrogen) atoms. The average molecular weight is 502 g/mol. The van der Waals surface area contributed by atoms with E-state index in [1.807, 2.05) is 19.1 Å². The molecule has 0 saturated carbocycles. The maximum absolute atomic E-state index is 13.6. The summed E-state index contributed by atoms with van der Waals surface area (Å²) in [5.74, 6) is 6.53. The lowest BCUT2D eigenvalue weighted by Crippen LogP contribution is -2.61. The topological polar surface area (TPSA) is 123 Å². The summed E-state index contributed by atoms with van der Waals surface area (Å²) in [6.45, 7) is 3.66. The first-order valence-corrected chi connectivity index (χ1v) is 11.8. The molecule has 194 valence electrons. The Labute approximate surface area is 209 Å². The van der Waals surface area contributed by atoms with Crippen molar-refractivity contribution < 1.29 is 38.2 Å². The zero-order valence-electron chi connectivity index (χ0n) is 20.8. The number of esters is 1. The van der Waals surface area contributed by atoms with Gasteiger partial charge in [0.15, 0.2) is 28.7 Å². The van der Waals surface area contributed by atoms with E-state index in [0.29, 0.717) is 28.7 Å². The Hall–Kier alpha value is -3.41. The molecule has 2 aromatic rings. The summed E-state index contributed by atoms with van der Waals surface area (Å²) < 4.78 is 28.9. The van der Waals surface area contributed by atoms with E-state index < -0.39 is 23.5 Å². The van der Waals surface area contributed by atoms with Crippen molar-refractivity contribution in [3.05, 3.63) is 35.4 Å². The Bertz CT molecular complexity index is 1150. The number of likely N-dealkylation sites (tertiary alicyclic amines) is 1. The second-order valence-electron chi connectivity index (χ2n) is 9.05. The van der Waals surface area contributed by atoms with Crippen LogP contribution in [0.5, 0.6) is 34.5 Å². The van der Waals surface area contributed by atoms with E-state index in [2.05, 4.69) is 10.4 Å². The molecule has 2 aromatic carbocycles. The van der Waals surface area contributed by atoms with E-state index in [0.717, 1.165) is 37.1 Å². The third-order valence-electron chi connectivity index (χ3n) is 7.21. The van der Waals surface area contributed by atoms with E-state index in [1.165, 1.54) is 14.2 Å². The minimum absolute atomic E-state index is 0.114. The summed E-state index contributed by atoms with van der Waals surface area (Å²) in [5, 5.41) is 0. The highest BCUT2D eigenvalue weighted by atomic mass is 16.7. The second-order valence-corrected chi connectivity index (χ2v) is 9.05. The zero-order valence-corrected chi connectivity index (χ0v) is 20.8. The molecule has 1 saturated heterocycles. The van der Waals surface area contributed by atoms with Crippen LogP contribution < -0.4 is 40.0 Å². The van der Waals surface area contributed by atoms with Crippen molar-refractivity contribution in [1.82, 2.24) is 10.4 Å². The number of nitrogens with one attached hydrogen (secondary N) is 1. The highest BCUT2D eigenvalue weighted by Gasteiger charge is 2.56. The molecular weight excluding hydrogens is 470 g/mol. The SMILES string of the molecule is CNOc1cc(C2c3cc4c(cc3OC(C)(N3CCCC3)C2C(=O)OC)OCO4)cc(OC)c1ON. The van der Waals surface area contributed by atoms with Gasteiger partial charge in [-0.1, -0.05) is 0 Å². The Kier molecular flexibility index (Phi) is 6.45. The molecule has 3 atom stereocenters. The maximum atomic E-state index is 13.6. The van der Waals surface area contributed by atoms with Crippen LogP contribution in [0.15, 0.2) is 24.3 Å². The lowest BCUT2D eigenvalue weighted by Gasteiger charge is -2.49. The number of nitrogens with zero attached hydrogens (tertiary/aromatic N) is 1. The number of hydrogen-bond donors (Lipinski definition) is 2. The van der Waals surface area contributed by atoms with Crippen LogP contribution >= 0.6 is 0 Å². The summed E-state index contributed by atoms with van der Waals surface area (Å²) >= 11 is 0. The summed E-state index contributed by atoms with van der Waals surface area (Å²) in [4.78, 5) is 26.4. The minimum Gasteiger partial charge on any atom is -0.493 e. The maximum Gasteiger partial charge on any atom is 0.315 e. The van der Waals surface area contributed by atoms with E-state index in [-0.39, 0.29) is 12.5 Å². The third-order valence-corrected chi connectivity index (χ3v) is 7.21. The minimum atomic E-state index is -0.991. The first kappa shape index (κ1) is 24.3. The van der Waals surface area contributed by atoms with Crippen LogP contribution in [0.3, 0.4) is 0 Å². The predicted octanol–water partition coefficient (Wildman–Crippen LogP) is 2.32. The van der Waals surface area contributed by atoms with Crippen LogP contribution in [0.1, 0.15) is 36.8 Å². The summed E-state index contributed by atoms with van der Waals surface area (Å²) in [7, 11) is 4.51. The smallest absolute Gasteiger partial charge is 0.315 e. The van der Waals surface area contributed by atoms with E-state index in [9.17, 15) is 4.79 Å². The summed E-state index contributed by atoms with van der Waals surface area (Å²) in [6, 6.07) is 7.24. The molecule has 11 heteroatoms. The first-order chi connectivity index (χ1) is 17.4. The highest BCUT2D eigenvalue weighted by molar-refractivity contribution is 5.78. The predicted molar refractivity (Wildman–Crippen MR) is 127 cm³/mol. The summed E-state index contributed by atoms with van der Waals surface area (Å²) in [5.41, 5.74) is 3.14. The van der Waals surface area contributed by atoms with E-state index in [1.54, 1.807) is 19.2 Å². The number of fused-ring (bicyclic) bond motifs is 2. The molecule has 0 spiro atoms. The first-order valence-electron chi connectivity index (χ1n) is 11.8. The normalized spacial score (nSPS) is 24.6. The molecule has 3 heterocycles. The second kappa shape index (κ2) is 9.57. The van der Waals surface area contributed by atoms with Gasteiger partial charge < -0.3 is 33.4 Å². The molecule has 3 N–H and O–H groups in total. The van der Waals surface area contributed by atoms with Gasteiger partial charge in [-0.05, 0) is 43.5 Å². The van der Waals surface area contributed by atoms with Gasteiger partial charge in [0.25, 0.3) is 0 Å². The standard InChI is InChI=1S/C25H31N3O8/c1-25(28-7-5-6-8-28)22(24(29)31-4)21(15-11-17-18(33-13-32-17)12-16(15)34-25)14-9-19(30-3)23(35-26)20(10-14)36-27-2/h9-12,21-22,27H,5-8,13,26H2,1-4H3. The molecule has 0 aliphatic carbocycles. The van der Waals surface area contributed by atoms with Crippen LogP contribution in [-0.4, -0.2) is 57.7 Å². The number of hydroxylamine groups is 1. The van der Waals surface area contributed by atoms with Gasteiger partial charge >= 0.3 is 5.97 Å². The van der Waals surface area contributed by atoms with Crippen molar-refractivity contribution in [1.29, 1.82) is 0 Å². The molecule has 5 rings (SSSR count). The number of nitrogens with two attached hydrogens (primary N) is 1.